The molecule has 19 nitrogen and oxygen atoms in total. The molecule has 77 heavy (non-hydrogen) atoms. The van der Waals surface area contributed by atoms with Crippen LogP contribution in [0.3, 0.4) is 0 Å². The molecule has 4 aromatic carbocycles. The van der Waals surface area contributed by atoms with E-state index in [1.54, 1.807) is 0 Å². The Labute approximate surface area is 430 Å². The number of ether oxygens (including phenoxy) is 5. The minimum Gasteiger partial charge on any atom is -0.506 e. The molecule has 0 bridgehead atoms. The second-order valence-corrected chi connectivity index (χ2v) is 16.8. The molecule has 0 saturated carbocycles. The van der Waals surface area contributed by atoms with E-state index in [2.05, 4.69) is 10.6 Å². The van der Waals surface area contributed by atoms with Gasteiger partial charge in [-0.05, 0) is 78.2 Å². The first-order valence-corrected chi connectivity index (χ1v) is 22.7. The molecule has 2 aliphatic rings. The van der Waals surface area contributed by atoms with Gasteiger partial charge in [-0.2, -0.15) is 39.5 Å². The van der Waals surface area contributed by atoms with Crippen molar-refractivity contribution < 1.29 is 92.3 Å². The Hall–Kier alpha value is -8.21. The number of aromatic hydroxyl groups is 1. The highest BCUT2D eigenvalue weighted by Gasteiger charge is 2.46. The lowest BCUT2D eigenvalue weighted by molar-refractivity contribution is -0.143. The number of phenols is 1. The summed E-state index contributed by atoms with van der Waals surface area (Å²) in [7, 11) is 0. The average molecular weight is 1090 g/mol. The fraction of sp³-hybridized carbons (Fsp3) is 0.306. The summed E-state index contributed by atoms with van der Waals surface area (Å²) in [5.41, 5.74) is 3.84. The van der Waals surface area contributed by atoms with Gasteiger partial charge in [-0.1, -0.05) is 18.2 Å². The number of nitrogens with two attached hydrogens (primary N) is 3. The molecule has 6 rings (SSSR count). The molecule has 412 valence electrons. The second kappa shape index (κ2) is 24.6. The number of anilines is 1. The molecule has 2 aliphatic heterocycles. The van der Waals surface area contributed by atoms with Gasteiger partial charge < -0.3 is 50.6 Å². The molecule has 1 saturated heterocycles. The van der Waals surface area contributed by atoms with Gasteiger partial charge in [0.05, 0.1) is 73.1 Å². The Morgan fingerprint density at radius 1 is 0.792 bits per heavy atom. The van der Waals surface area contributed by atoms with Crippen molar-refractivity contribution in [3.63, 3.8) is 0 Å². The van der Waals surface area contributed by atoms with Crippen LogP contribution in [-0.2, 0) is 47.6 Å². The van der Waals surface area contributed by atoms with E-state index in [1.165, 1.54) is 53.7 Å². The standard InChI is InChI=1S/C49H47F9N8O11/c50-47(51,52)28-18-27(19-29(20-28)48(53,54)55)41-37(10-8-32(43(41)69)34(60)21-38(61)49(56,57)58)76-23-26-4-6-31(7-5-26)63-40(68)25-75-17-16-74-15-14-73-13-12-65(62)22-30(59)24-77-36-3-1-2-33-42(36)46(72)66(45(33)71)35-9-11-39(67)64-44(35)70/h1-8,10,18-22,35,61,69H,9,11-17,23-25,59-60,62H2,(H,63,68)(H,64,67,70)/b30-22-,34-21-,61-38?. The molecule has 28 heteroatoms. The van der Waals surface area contributed by atoms with E-state index in [-0.39, 0.29) is 118 Å². The first kappa shape index (κ1) is 58.1. The van der Waals surface area contributed by atoms with Crippen LogP contribution in [0.15, 0.2) is 90.8 Å². The van der Waals surface area contributed by atoms with Gasteiger partial charge in [0, 0.05) is 29.6 Å². The number of carbonyl (C=O) groups excluding carboxylic acids is 5. The van der Waals surface area contributed by atoms with Crippen LogP contribution in [0.4, 0.5) is 45.2 Å². The van der Waals surface area contributed by atoms with Crippen molar-refractivity contribution in [1.29, 1.82) is 5.41 Å². The summed E-state index contributed by atoms with van der Waals surface area (Å²) in [6.45, 7) is -0.218. The number of allylic oxidation sites excluding steroid dienone is 1. The van der Waals surface area contributed by atoms with E-state index < -0.39 is 111 Å². The number of phenolic OH excluding ortho intramolecular Hbond substituents is 1. The zero-order valence-electron chi connectivity index (χ0n) is 40.0. The van der Waals surface area contributed by atoms with Gasteiger partial charge >= 0.3 is 18.5 Å². The third-order valence-corrected chi connectivity index (χ3v) is 11.2. The normalized spacial score (nSPS) is 15.4. The molecular weight excluding hydrogens is 1050 g/mol. The zero-order chi connectivity index (χ0) is 56.4. The third kappa shape index (κ3) is 15.2. The maximum atomic E-state index is 13.8. The van der Waals surface area contributed by atoms with E-state index in [9.17, 15) is 68.6 Å². The van der Waals surface area contributed by atoms with Gasteiger partial charge in [0.25, 0.3) is 11.8 Å². The van der Waals surface area contributed by atoms with E-state index in [1.807, 2.05) is 0 Å². The predicted octanol–water partition coefficient (Wildman–Crippen LogP) is 6.00. The van der Waals surface area contributed by atoms with Crippen LogP contribution < -0.4 is 37.4 Å². The van der Waals surface area contributed by atoms with Gasteiger partial charge in [-0.25, -0.2) is 5.84 Å². The maximum Gasteiger partial charge on any atom is 0.432 e. The summed E-state index contributed by atoms with van der Waals surface area (Å²) in [4.78, 5) is 63.6. The summed E-state index contributed by atoms with van der Waals surface area (Å²) in [5, 5.41) is 24.3. The number of benzene rings is 4. The number of amides is 5. The van der Waals surface area contributed by atoms with E-state index in [4.69, 9.17) is 46.4 Å². The summed E-state index contributed by atoms with van der Waals surface area (Å²) in [6, 6.07) is 11.3. The van der Waals surface area contributed by atoms with Crippen LogP contribution in [0.25, 0.3) is 16.8 Å². The lowest BCUT2D eigenvalue weighted by atomic mass is 9.94. The van der Waals surface area contributed by atoms with Gasteiger partial charge in [-0.15, -0.1) is 0 Å². The highest BCUT2D eigenvalue weighted by molar-refractivity contribution is 6.24. The number of fused-ring (bicyclic) bond motifs is 1. The molecule has 0 radical (unpaired) electrons. The molecule has 0 aliphatic carbocycles. The molecule has 1 fully saturated rings. The number of nitrogens with one attached hydrogen (secondary N) is 3. The van der Waals surface area contributed by atoms with Crippen LogP contribution in [0, 0.1) is 5.41 Å². The summed E-state index contributed by atoms with van der Waals surface area (Å²) in [6.07, 6.45) is -14.4. The van der Waals surface area contributed by atoms with Crippen LogP contribution in [0.5, 0.6) is 17.2 Å². The highest BCUT2D eigenvalue weighted by atomic mass is 19.4. The van der Waals surface area contributed by atoms with Crippen molar-refractivity contribution in [2.75, 3.05) is 58.1 Å². The molecule has 10 N–H and O–H groups in total. The minimum atomic E-state index is -5.31. The van der Waals surface area contributed by atoms with Crippen LogP contribution in [-0.4, -0.2) is 115 Å². The number of hydrazine groups is 1. The smallest absolute Gasteiger partial charge is 0.432 e. The SMILES string of the molecule is N=C(/C=C(\N)c1ccc(OCc2ccc(NC(=O)COCCOCCOCCN(N)/C=C(\N)COc3cccc4c3C(=O)N(C3CCC(=O)NC3=O)C4=O)cc2)c(-c2cc(C(F)(F)F)cc(C(F)(F)F)c2)c1O)C(F)(F)F. The number of alkyl halides is 9. The largest absolute Gasteiger partial charge is 0.506 e. The Morgan fingerprint density at radius 2 is 1.42 bits per heavy atom. The molecule has 1 unspecified atom stereocenters. The Morgan fingerprint density at radius 3 is 2.04 bits per heavy atom. The summed E-state index contributed by atoms with van der Waals surface area (Å²) in [5.74, 6) is 1.17. The van der Waals surface area contributed by atoms with Gasteiger partial charge in [0.15, 0.2) is 0 Å². The van der Waals surface area contributed by atoms with Crippen molar-refractivity contribution in [1.82, 2.24) is 15.2 Å². The van der Waals surface area contributed by atoms with Crippen molar-refractivity contribution in [2.45, 2.75) is 44.0 Å². The number of hydrogen-bond acceptors (Lipinski definition) is 16. The molecule has 0 aromatic heterocycles. The van der Waals surface area contributed by atoms with Crippen LogP contribution in [0.2, 0.25) is 0 Å². The number of rotatable bonds is 23. The molecular formula is C49H47F9N8O11. The van der Waals surface area contributed by atoms with E-state index in [0.717, 1.165) is 17.0 Å². The maximum absolute atomic E-state index is 13.8. The molecule has 0 spiro atoms. The van der Waals surface area contributed by atoms with Crippen molar-refractivity contribution in [3.05, 3.63) is 124 Å². The topological polar surface area (TPSA) is 284 Å². The van der Waals surface area contributed by atoms with Crippen LogP contribution in [0.1, 0.15) is 55.8 Å². The first-order valence-electron chi connectivity index (χ1n) is 22.7. The minimum absolute atomic E-state index is 0.00500. The number of piperidine rings is 1. The fourth-order valence-electron chi connectivity index (χ4n) is 7.52. The van der Waals surface area contributed by atoms with Gasteiger partial charge in [-0.3, -0.25) is 39.6 Å². The monoisotopic (exact) mass is 1090 g/mol. The number of halogens is 9. The lowest BCUT2D eigenvalue weighted by Crippen LogP contribution is -2.54. The highest BCUT2D eigenvalue weighted by Crippen LogP contribution is 2.46. The van der Waals surface area contributed by atoms with E-state index in [0.29, 0.717) is 5.56 Å². The number of hydrogen-bond donors (Lipinski definition) is 7. The quantitative estimate of drug-likeness (QED) is 0.0112. The number of carbonyl (C=O) groups is 5. The van der Waals surface area contributed by atoms with Crippen molar-refractivity contribution in [3.8, 4) is 28.4 Å². The molecule has 4 aromatic rings. The lowest BCUT2D eigenvalue weighted by Gasteiger charge is -2.27. The van der Waals surface area contributed by atoms with Crippen LogP contribution >= 0.6 is 0 Å². The van der Waals surface area contributed by atoms with Gasteiger partial charge in [0.2, 0.25) is 17.7 Å². The summed E-state index contributed by atoms with van der Waals surface area (Å²) < 4.78 is 150. The number of nitrogens with zero attached hydrogens (tertiary/aromatic N) is 2. The Kier molecular flexibility index (Phi) is 18.6. The van der Waals surface area contributed by atoms with Crippen molar-refractivity contribution in [2.24, 2.45) is 17.3 Å². The zero-order valence-corrected chi connectivity index (χ0v) is 40.0. The molecule has 1 atom stereocenters. The second-order valence-electron chi connectivity index (χ2n) is 16.8. The Bertz CT molecular complexity index is 2920. The van der Waals surface area contributed by atoms with Gasteiger partial charge in [0.1, 0.15) is 48.8 Å². The predicted molar refractivity (Wildman–Crippen MR) is 253 cm³/mol. The number of imide groups is 2. The Balaban J connectivity index is 0.907. The fourth-order valence-corrected chi connectivity index (χ4v) is 7.52. The average Bonchev–Trinajstić information content (AvgIpc) is 3.67. The van der Waals surface area contributed by atoms with E-state index >= 15 is 0 Å². The molecule has 5 amide bonds. The summed E-state index contributed by atoms with van der Waals surface area (Å²) >= 11 is 0. The molecule has 2 heterocycles. The van der Waals surface area contributed by atoms with Crippen molar-refractivity contribution >= 4 is 46.6 Å². The first-order chi connectivity index (χ1) is 36.2. The third-order valence-electron chi connectivity index (χ3n) is 11.2.